The Morgan fingerprint density at radius 1 is 1.30 bits per heavy atom. The van der Waals surface area contributed by atoms with Gasteiger partial charge in [0.25, 0.3) is 0 Å². The Labute approximate surface area is 177 Å². The number of ether oxygens (including phenoxy) is 1. The van der Waals surface area contributed by atoms with Gasteiger partial charge in [-0.25, -0.2) is 4.79 Å². The second-order valence-electron chi connectivity index (χ2n) is 8.83. The molecule has 2 aliphatic rings. The minimum atomic E-state index is -0.366. The minimum absolute atomic E-state index is 0.0369. The second kappa shape index (κ2) is 8.13. The van der Waals surface area contributed by atoms with Gasteiger partial charge in [-0.1, -0.05) is 33.8 Å². The first kappa shape index (κ1) is 20.4. The normalized spacial score (nSPS) is 18.3. The van der Waals surface area contributed by atoms with Gasteiger partial charge in [0.15, 0.2) is 0 Å². The van der Waals surface area contributed by atoms with E-state index in [2.05, 4.69) is 41.5 Å². The maximum atomic E-state index is 12.5. The summed E-state index contributed by atoms with van der Waals surface area (Å²) in [5.74, 6) is 0.283. The van der Waals surface area contributed by atoms with Crippen LogP contribution in [0.1, 0.15) is 56.9 Å². The van der Waals surface area contributed by atoms with Gasteiger partial charge in [-0.05, 0) is 42.9 Å². The summed E-state index contributed by atoms with van der Waals surface area (Å²) in [6, 6.07) is 6.12. The first-order chi connectivity index (χ1) is 14.3. The number of anilines is 1. The molecule has 2 amide bonds. The fraction of sp³-hybridized carbons (Fsp3) is 0.522. The van der Waals surface area contributed by atoms with Crippen LogP contribution in [0.25, 0.3) is 11.3 Å². The number of rotatable bonds is 5. The van der Waals surface area contributed by atoms with E-state index in [-0.39, 0.29) is 24.0 Å². The van der Waals surface area contributed by atoms with Gasteiger partial charge < -0.3 is 10.1 Å². The molecular weight excluding hydrogens is 380 g/mol. The topological polar surface area (TPSA) is 87.3 Å². The summed E-state index contributed by atoms with van der Waals surface area (Å²) in [4.78, 5) is 25.9. The molecule has 160 valence electrons. The van der Waals surface area contributed by atoms with Crippen molar-refractivity contribution in [2.75, 3.05) is 18.0 Å². The highest BCUT2D eigenvalue weighted by Gasteiger charge is 2.33. The van der Waals surface area contributed by atoms with Crippen LogP contribution in [-0.4, -0.2) is 41.4 Å². The van der Waals surface area contributed by atoms with Gasteiger partial charge in [0.05, 0.1) is 18.8 Å². The SMILES string of the molecule is CC(C)C(=O)NC[C@H]1CN(c2ccc3c(c2)CCCc2c-3n[nH]c2C(C)C)C(=O)O1. The third kappa shape index (κ3) is 3.80. The van der Waals surface area contributed by atoms with E-state index >= 15 is 0 Å². The van der Waals surface area contributed by atoms with Crippen molar-refractivity contribution in [3.05, 3.63) is 35.0 Å². The highest BCUT2D eigenvalue weighted by atomic mass is 16.6. The van der Waals surface area contributed by atoms with E-state index < -0.39 is 0 Å². The lowest BCUT2D eigenvalue weighted by molar-refractivity contribution is -0.124. The first-order valence-electron chi connectivity index (χ1n) is 10.8. The number of hydrogen-bond donors (Lipinski definition) is 2. The number of fused-ring (bicyclic) bond motifs is 3. The molecule has 7 heteroatoms. The van der Waals surface area contributed by atoms with Crippen molar-refractivity contribution in [3.63, 3.8) is 0 Å². The van der Waals surface area contributed by atoms with Crippen molar-refractivity contribution in [1.29, 1.82) is 0 Å². The molecule has 0 radical (unpaired) electrons. The zero-order chi connectivity index (χ0) is 21.4. The van der Waals surface area contributed by atoms with E-state index in [9.17, 15) is 9.59 Å². The predicted octanol–water partition coefficient (Wildman–Crippen LogP) is 3.79. The minimum Gasteiger partial charge on any atom is -0.442 e. The molecule has 1 aromatic carbocycles. The monoisotopic (exact) mass is 410 g/mol. The molecule has 2 aromatic rings. The molecule has 30 heavy (non-hydrogen) atoms. The number of H-pyrrole nitrogens is 1. The number of aromatic nitrogens is 2. The molecular formula is C23H30N4O3. The Kier molecular flexibility index (Phi) is 5.54. The average molecular weight is 411 g/mol. The number of amides is 2. The van der Waals surface area contributed by atoms with Crippen molar-refractivity contribution in [2.45, 2.75) is 59.0 Å². The maximum Gasteiger partial charge on any atom is 0.414 e. The number of aromatic amines is 1. The molecule has 1 aliphatic carbocycles. The highest BCUT2D eigenvalue weighted by Crippen LogP contribution is 2.37. The number of nitrogens with one attached hydrogen (secondary N) is 2. The zero-order valence-electron chi connectivity index (χ0n) is 18.1. The molecule has 0 saturated carbocycles. The maximum absolute atomic E-state index is 12.5. The van der Waals surface area contributed by atoms with Crippen LogP contribution < -0.4 is 10.2 Å². The first-order valence-corrected chi connectivity index (χ1v) is 10.8. The van der Waals surface area contributed by atoms with Gasteiger partial charge >= 0.3 is 6.09 Å². The number of benzene rings is 1. The number of aryl methyl sites for hydroxylation is 1. The Balaban J connectivity index is 1.54. The average Bonchev–Trinajstić information content (AvgIpc) is 3.24. The van der Waals surface area contributed by atoms with Crippen molar-refractivity contribution in [3.8, 4) is 11.3 Å². The van der Waals surface area contributed by atoms with Crippen LogP contribution in [0.2, 0.25) is 0 Å². The van der Waals surface area contributed by atoms with E-state index in [1.807, 2.05) is 19.9 Å². The van der Waals surface area contributed by atoms with Gasteiger partial charge in [-0.3, -0.25) is 14.8 Å². The van der Waals surface area contributed by atoms with E-state index in [0.717, 1.165) is 36.2 Å². The zero-order valence-corrected chi connectivity index (χ0v) is 18.1. The summed E-state index contributed by atoms with van der Waals surface area (Å²) < 4.78 is 5.47. The summed E-state index contributed by atoms with van der Waals surface area (Å²) in [5.41, 5.74) is 6.75. The summed E-state index contributed by atoms with van der Waals surface area (Å²) in [7, 11) is 0. The largest absolute Gasteiger partial charge is 0.442 e. The Bertz CT molecular complexity index is 963. The molecule has 2 N–H and O–H groups in total. The number of carbonyl (C=O) groups excluding carboxylic acids is 2. The smallest absolute Gasteiger partial charge is 0.414 e. The molecule has 1 aliphatic heterocycles. The summed E-state index contributed by atoms with van der Waals surface area (Å²) in [5, 5.41) is 10.7. The fourth-order valence-corrected chi connectivity index (χ4v) is 4.23. The molecule has 0 unspecified atom stereocenters. The van der Waals surface area contributed by atoms with Crippen LogP contribution in [0.15, 0.2) is 18.2 Å². The summed E-state index contributed by atoms with van der Waals surface area (Å²) >= 11 is 0. The lowest BCUT2D eigenvalue weighted by atomic mass is 9.98. The molecule has 7 nitrogen and oxygen atoms in total. The van der Waals surface area contributed by atoms with Gasteiger partial charge in [0.1, 0.15) is 6.10 Å². The Hall–Kier alpha value is -2.83. The van der Waals surface area contributed by atoms with Crippen LogP contribution in [0.3, 0.4) is 0 Å². The van der Waals surface area contributed by atoms with Gasteiger partial charge in [-0.15, -0.1) is 0 Å². The quantitative estimate of drug-likeness (QED) is 0.785. The van der Waals surface area contributed by atoms with Gasteiger partial charge in [0, 0.05) is 28.4 Å². The van der Waals surface area contributed by atoms with E-state index in [1.54, 1.807) is 4.90 Å². The van der Waals surface area contributed by atoms with Crippen molar-refractivity contribution in [2.24, 2.45) is 5.92 Å². The lowest BCUT2D eigenvalue weighted by Crippen LogP contribution is -2.36. The second-order valence-corrected chi connectivity index (χ2v) is 8.83. The van der Waals surface area contributed by atoms with Crippen molar-refractivity contribution in [1.82, 2.24) is 15.5 Å². The highest BCUT2D eigenvalue weighted by molar-refractivity contribution is 5.90. The number of hydrogen-bond acceptors (Lipinski definition) is 4. The number of cyclic esters (lactones) is 1. The van der Waals surface area contributed by atoms with Crippen molar-refractivity contribution >= 4 is 17.7 Å². The van der Waals surface area contributed by atoms with Crippen LogP contribution in [0.4, 0.5) is 10.5 Å². The van der Waals surface area contributed by atoms with Crippen LogP contribution in [-0.2, 0) is 22.4 Å². The lowest BCUT2D eigenvalue weighted by Gasteiger charge is -2.16. The van der Waals surface area contributed by atoms with Crippen LogP contribution in [0, 0.1) is 5.92 Å². The predicted molar refractivity (Wildman–Crippen MR) is 116 cm³/mol. The molecule has 1 aromatic heterocycles. The molecule has 1 atom stereocenters. The standard InChI is InChI=1S/C23H30N4O3/c1-13(2)20-19-7-5-6-15-10-16(8-9-18(15)21(19)26-25-20)27-12-17(30-23(27)29)11-24-22(28)14(3)4/h8-10,13-14,17H,5-7,11-12H2,1-4H3,(H,24,28)(H,25,26)/t17-/m0/s1. The fourth-order valence-electron chi connectivity index (χ4n) is 4.23. The van der Waals surface area contributed by atoms with Crippen molar-refractivity contribution < 1.29 is 14.3 Å². The molecule has 4 rings (SSSR count). The molecule has 2 heterocycles. The van der Waals surface area contributed by atoms with Gasteiger partial charge in [0.2, 0.25) is 5.91 Å². The van der Waals surface area contributed by atoms with Gasteiger partial charge in [-0.2, -0.15) is 5.10 Å². The Morgan fingerprint density at radius 3 is 2.83 bits per heavy atom. The number of carbonyl (C=O) groups is 2. The molecule has 0 bridgehead atoms. The third-order valence-electron chi connectivity index (χ3n) is 5.91. The summed E-state index contributed by atoms with van der Waals surface area (Å²) in [6.45, 7) is 8.81. The molecule has 1 saturated heterocycles. The molecule has 1 fully saturated rings. The number of nitrogens with zero attached hydrogens (tertiary/aromatic N) is 2. The third-order valence-corrected chi connectivity index (χ3v) is 5.91. The van der Waals surface area contributed by atoms with E-state index in [4.69, 9.17) is 4.74 Å². The van der Waals surface area contributed by atoms with E-state index in [0.29, 0.717) is 19.0 Å². The van der Waals surface area contributed by atoms with E-state index in [1.165, 1.54) is 16.8 Å². The summed E-state index contributed by atoms with van der Waals surface area (Å²) in [6.07, 6.45) is 2.30. The Morgan fingerprint density at radius 2 is 2.10 bits per heavy atom. The van der Waals surface area contributed by atoms with Crippen LogP contribution in [0.5, 0.6) is 0 Å². The molecule has 0 spiro atoms. The van der Waals surface area contributed by atoms with Crippen LogP contribution >= 0.6 is 0 Å².